The maximum atomic E-state index is 13.1. The third kappa shape index (κ3) is 3.42. The predicted molar refractivity (Wildman–Crippen MR) is 120 cm³/mol. The van der Waals surface area contributed by atoms with Gasteiger partial charge < -0.3 is 0 Å². The highest BCUT2D eigenvalue weighted by Crippen LogP contribution is 2.29. The molecule has 0 bridgehead atoms. The van der Waals surface area contributed by atoms with Crippen LogP contribution in [0.3, 0.4) is 0 Å². The van der Waals surface area contributed by atoms with Gasteiger partial charge in [0.1, 0.15) is 5.82 Å². The second-order valence-corrected chi connectivity index (χ2v) is 7.95. The van der Waals surface area contributed by atoms with Crippen LogP contribution in [0.1, 0.15) is 24.0 Å². The molecular formula is C22H19N7OS. The number of tetrazole rings is 1. The topological polar surface area (TPSA) is 102 Å². The lowest BCUT2D eigenvalue weighted by Gasteiger charge is -2.12. The fourth-order valence-electron chi connectivity index (χ4n) is 3.72. The van der Waals surface area contributed by atoms with Crippen molar-refractivity contribution < 1.29 is 0 Å². The number of nitrogens with zero attached hydrogens (tertiary/aromatic N) is 6. The SMILES string of the molecule is CCc1nc2snc(C)c2c(=O)n1Cc1ccc(-c2ccccc2-c2nn[nH]n2)cc1. The summed E-state index contributed by atoms with van der Waals surface area (Å²) >= 11 is 1.28. The van der Waals surface area contributed by atoms with Crippen LogP contribution in [-0.4, -0.2) is 34.5 Å². The van der Waals surface area contributed by atoms with Gasteiger partial charge in [-0.3, -0.25) is 9.36 Å². The van der Waals surface area contributed by atoms with E-state index in [1.54, 1.807) is 4.57 Å². The quantitative estimate of drug-likeness (QED) is 0.458. The molecule has 0 fully saturated rings. The van der Waals surface area contributed by atoms with E-state index in [9.17, 15) is 4.79 Å². The number of aryl methyl sites for hydroxylation is 2. The highest BCUT2D eigenvalue weighted by atomic mass is 32.1. The van der Waals surface area contributed by atoms with Crippen molar-refractivity contribution in [3.05, 3.63) is 76.0 Å². The van der Waals surface area contributed by atoms with E-state index in [-0.39, 0.29) is 5.56 Å². The molecule has 0 amide bonds. The Morgan fingerprint density at radius 3 is 2.55 bits per heavy atom. The first-order chi connectivity index (χ1) is 15.2. The molecule has 0 spiro atoms. The summed E-state index contributed by atoms with van der Waals surface area (Å²) < 4.78 is 6.06. The van der Waals surface area contributed by atoms with Gasteiger partial charge in [0.15, 0.2) is 4.83 Å². The fourth-order valence-corrected chi connectivity index (χ4v) is 4.51. The van der Waals surface area contributed by atoms with Crippen molar-refractivity contribution in [1.82, 2.24) is 34.5 Å². The third-order valence-electron chi connectivity index (χ3n) is 5.28. The first-order valence-electron chi connectivity index (χ1n) is 9.93. The van der Waals surface area contributed by atoms with Gasteiger partial charge in [-0.05, 0) is 40.4 Å². The van der Waals surface area contributed by atoms with Gasteiger partial charge in [0.2, 0.25) is 5.82 Å². The van der Waals surface area contributed by atoms with Crippen LogP contribution in [-0.2, 0) is 13.0 Å². The molecule has 0 aliphatic rings. The summed E-state index contributed by atoms with van der Waals surface area (Å²) in [6.45, 7) is 4.33. The fraction of sp³-hybridized carbons (Fsp3) is 0.182. The van der Waals surface area contributed by atoms with Crippen LogP contribution in [0.2, 0.25) is 0 Å². The second kappa shape index (κ2) is 7.84. The molecule has 0 aliphatic carbocycles. The summed E-state index contributed by atoms with van der Waals surface area (Å²) in [5.41, 5.74) is 4.70. The number of hydrogen-bond acceptors (Lipinski definition) is 7. The average Bonchev–Trinajstić information content (AvgIpc) is 3.46. The number of aromatic amines is 1. The molecule has 31 heavy (non-hydrogen) atoms. The Balaban J connectivity index is 1.51. The molecule has 3 heterocycles. The van der Waals surface area contributed by atoms with Crippen molar-refractivity contribution in [1.29, 1.82) is 0 Å². The van der Waals surface area contributed by atoms with Gasteiger partial charge in [0.25, 0.3) is 5.56 Å². The number of nitrogens with one attached hydrogen (secondary N) is 1. The van der Waals surface area contributed by atoms with Crippen molar-refractivity contribution in [3.63, 3.8) is 0 Å². The largest absolute Gasteiger partial charge is 0.292 e. The average molecular weight is 430 g/mol. The molecule has 0 saturated carbocycles. The minimum atomic E-state index is -0.0281. The molecule has 9 heteroatoms. The van der Waals surface area contributed by atoms with Crippen molar-refractivity contribution in [2.75, 3.05) is 0 Å². The Bertz CT molecular complexity index is 1420. The smallest absolute Gasteiger partial charge is 0.264 e. The van der Waals surface area contributed by atoms with E-state index < -0.39 is 0 Å². The zero-order valence-electron chi connectivity index (χ0n) is 17.0. The number of aromatic nitrogens is 7. The van der Waals surface area contributed by atoms with E-state index in [0.29, 0.717) is 29.0 Å². The standard InChI is InChI=1S/C22H19N7OS/c1-3-18-23-21-19(13(2)26-31-21)22(30)29(18)12-14-8-10-15(11-9-14)16-6-4-5-7-17(16)20-24-27-28-25-20/h4-11H,3,12H2,1-2H3,(H,24,25,27,28). The van der Waals surface area contributed by atoms with Crippen LogP contribution in [0.4, 0.5) is 0 Å². The number of rotatable bonds is 5. The number of fused-ring (bicyclic) bond motifs is 1. The summed E-state index contributed by atoms with van der Waals surface area (Å²) in [5.74, 6) is 1.32. The molecule has 5 aromatic rings. The van der Waals surface area contributed by atoms with E-state index in [0.717, 1.165) is 33.8 Å². The Morgan fingerprint density at radius 2 is 1.84 bits per heavy atom. The first-order valence-corrected chi connectivity index (χ1v) is 10.7. The highest BCUT2D eigenvalue weighted by Gasteiger charge is 2.15. The zero-order valence-corrected chi connectivity index (χ0v) is 17.8. The lowest BCUT2D eigenvalue weighted by molar-refractivity contribution is 0.687. The normalized spacial score (nSPS) is 11.3. The maximum Gasteiger partial charge on any atom is 0.264 e. The van der Waals surface area contributed by atoms with Gasteiger partial charge in [-0.15, -0.1) is 10.2 Å². The molecular weight excluding hydrogens is 410 g/mol. The number of benzene rings is 2. The van der Waals surface area contributed by atoms with Crippen LogP contribution >= 0.6 is 11.5 Å². The van der Waals surface area contributed by atoms with Crippen molar-refractivity contribution >= 4 is 21.7 Å². The van der Waals surface area contributed by atoms with Crippen molar-refractivity contribution in [2.24, 2.45) is 0 Å². The van der Waals surface area contributed by atoms with Gasteiger partial charge in [-0.1, -0.05) is 55.5 Å². The Morgan fingerprint density at radius 1 is 1.06 bits per heavy atom. The molecule has 5 rings (SSSR count). The Hall–Kier alpha value is -3.72. The summed E-state index contributed by atoms with van der Waals surface area (Å²) in [6, 6.07) is 16.1. The van der Waals surface area contributed by atoms with E-state index in [4.69, 9.17) is 0 Å². The Kier molecular flexibility index (Phi) is 4.87. The molecule has 0 unspecified atom stereocenters. The van der Waals surface area contributed by atoms with Crippen LogP contribution in [0, 0.1) is 6.92 Å². The van der Waals surface area contributed by atoms with Crippen molar-refractivity contribution in [2.45, 2.75) is 26.8 Å². The number of hydrogen-bond donors (Lipinski definition) is 1. The molecule has 0 saturated heterocycles. The summed E-state index contributed by atoms with van der Waals surface area (Å²) in [7, 11) is 0. The third-order valence-corrected chi connectivity index (χ3v) is 6.11. The van der Waals surface area contributed by atoms with Gasteiger partial charge >= 0.3 is 0 Å². The van der Waals surface area contributed by atoms with E-state index in [1.165, 1.54) is 11.5 Å². The second-order valence-electron chi connectivity index (χ2n) is 7.20. The minimum Gasteiger partial charge on any atom is -0.292 e. The molecule has 2 aromatic carbocycles. The summed E-state index contributed by atoms with van der Waals surface area (Å²) in [4.78, 5) is 18.5. The minimum absolute atomic E-state index is 0.0281. The lowest BCUT2D eigenvalue weighted by Crippen LogP contribution is -2.25. The lowest BCUT2D eigenvalue weighted by atomic mass is 9.98. The zero-order chi connectivity index (χ0) is 21.4. The van der Waals surface area contributed by atoms with E-state index in [2.05, 4.69) is 30.0 Å². The van der Waals surface area contributed by atoms with Gasteiger partial charge in [-0.25, -0.2) is 4.98 Å². The van der Waals surface area contributed by atoms with E-state index in [1.807, 2.05) is 62.4 Å². The number of H-pyrrole nitrogens is 1. The molecule has 0 aliphatic heterocycles. The molecule has 8 nitrogen and oxygen atoms in total. The summed E-state index contributed by atoms with van der Waals surface area (Å²) in [6.07, 6.45) is 0.679. The molecule has 3 aromatic heterocycles. The van der Waals surface area contributed by atoms with Gasteiger partial charge in [0.05, 0.1) is 17.6 Å². The van der Waals surface area contributed by atoms with Crippen LogP contribution in [0.25, 0.3) is 32.7 Å². The van der Waals surface area contributed by atoms with Crippen LogP contribution in [0.5, 0.6) is 0 Å². The van der Waals surface area contributed by atoms with Crippen LogP contribution in [0.15, 0.2) is 53.3 Å². The first kappa shape index (κ1) is 19.3. The predicted octanol–water partition coefficient (Wildman–Crippen LogP) is 3.62. The molecule has 0 radical (unpaired) electrons. The van der Waals surface area contributed by atoms with Gasteiger partial charge in [-0.2, -0.15) is 9.59 Å². The molecule has 0 atom stereocenters. The summed E-state index contributed by atoms with van der Waals surface area (Å²) in [5, 5.41) is 15.0. The van der Waals surface area contributed by atoms with Crippen LogP contribution < -0.4 is 5.56 Å². The van der Waals surface area contributed by atoms with Crippen molar-refractivity contribution in [3.8, 4) is 22.5 Å². The highest BCUT2D eigenvalue weighted by molar-refractivity contribution is 7.12. The molecule has 154 valence electrons. The maximum absolute atomic E-state index is 13.1. The Labute approximate surface area is 181 Å². The monoisotopic (exact) mass is 429 g/mol. The molecule has 1 N–H and O–H groups in total. The van der Waals surface area contributed by atoms with Gasteiger partial charge in [0, 0.05) is 12.0 Å². The van der Waals surface area contributed by atoms with E-state index >= 15 is 0 Å².